The Morgan fingerprint density at radius 1 is 1.18 bits per heavy atom. The van der Waals surface area contributed by atoms with E-state index in [4.69, 9.17) is 10.5 Å². The molecule has 0 aliphatic carbocycles. The number of benzene rings is 2. The Hall–Kier alpha value is -3.92. The zero-order valence-electron chi connectivity index (χ0n) is 17.5. The van der Waals surface area contributed by atoms with Crippen molar-refractivity contribution >= 4 is 22.6 Å². The van der Waals surface area contributed by atoms with Gasteiger partial charge in [0.25, 0.3) is 5.95 Å². The molecule has 0 atom stereocenters. The van der Waals surface area contributed by atoms with Crippen molar-refractivity contribution in [2.75, 3.05) is 11.9 Å². The second-order valence-electron chi connectivity index (χ2n) is 7.74. The van der Waals surface area contributed by atoms with Crippen LogP contribution < -0.4 is 11.1 Å². The van der Waals surface area contributed by atoms with E-state index in [9.17, 15) is 13.6 Å². The highest BCUT2D eigenvalue weighted by molar-refractivity contribution is 6.05. The van der Waals surface area contributed by atoms with Crippen molar-refractivity contribution in [3.63, 3.8) is 0 Å². The average Bonchev–Trinajstić information content (AvgIpc) is 3.06. The van der Waals surface area contributed by atoms with E-state index in [0.717, 1.165) is 23.6 Å². The van der Waals surface area contributed by atoms with Crippen LogP contribution in [0.3, 0.4) is 0 Å². The molecule has 1 amide bonds. The van der Waals surface area contributed by atoms with Gasteiger partial charge in [0.2, 0.25) is 5.91 Å². The average molecular weight is 450 g/mol. The highest BCUT2D eigenvalue weighted by Crippen LogP contribution is 2.27. The van der Waals surface area contributed by atoms with Crippen molar-refractivity contribution in [3.8, 4) is 5.95 Å². The second kappa shape index (κ2) is 8.55. The van der Waals surface area contributed by atoms with E-state index in [1.165, 1.54) is 29.1 Å². The lowest BCUT2D eigenvalue weighted by molar-refractivity contribution is 0.100. The molecule has 0 spiro atoms. The van der Waals surface area contributed by atoms with Crippen molar-refractivity contribution in [2.45, 2.75) is 26.0 Å². The molecule has 8 nitrogen and oxygen atoms in total. The van der Waals surface area contributed by atoms with Crippen LogP contribution in [0.15, 0.2) is 42.6 Å². The number of ether oxygens (including phenoxy) is 1. The van der Waals surface area contributed by atoms with Crippen LogP contribution in [0.2, 0.25) is 0 Å². The van der Waals surface area contributed by atoms with Crippen LogP contribution in [0.1, 0.15) is 33.6 Å². The number of fused-ring (bicyclic) bond motifs is 2. The van der Waals surface area contributed by atoms with Crippen LogP contribution in [-0.4, -0.2) is 32.3 Å². The van der Waals surface area contributed by atoms with Crippen molar-refractivity contribution in [3.05, 3.63) is 76.6 Å². The number of rotatable bonds is 5. The van der Waals surface area contributed by atoms with Crippen LogP contribution in [0, 0.1) is 11.6 Å². The van der Waals surface area contributed by atoms with Crippen LogP contribution in [0.5, 0.6) is 0 Å². The molecule has 168 valence electrons. The van der Waals surface area contributed by atoms with Gasteiger partial charge in [0, 0.05) is 30.2 Å². The van der Waals surface area contributed by atoms with E-state index in [-0.39, 0.29) is 17.3 Å². The number of nitrogens with zero attached hydrogens (tertiary/aromatic N) is 4. The van der Waals surface area contributed by atoms with Gasteiger partial charge in [-0.2, -0.15) is 14.8 Å². The summed E-state index contributed by atoms with van der Waals surface area (Å²) in [4.78, 5) is 21.1. The highest BCUT2D eigenvalue weighted by Gasteiger charge is 2.21. The lowest BCUT2D eigenvalue weighted by Gasteiger charge is -2.15. The molecule has 2 aromatic heterocycles. The molecule has 3 heterocycles. The molecule has 0 saturated heterocycles. The van der Waals surface area contributed by atoms with E-state index in [1.54, 1.807) is 6.07 Å². The third kappa shape index (κ3) is 4.12. The molecule has 0 radical (unpaired) electrons. The molecule has 0 bridgehead atoms. The fraction of sp³-hybridized carbons (Fsp3) is 0.217. The second-order valence-corrected chi connectivity index (χ2v) is 7.74. The van der Waals surface area contributed by atoms with Gasteiger partial charge in [0.05, 0.1) is 29.6 Å². The summed E-state index contributed by atoms with van der Waals surface area (Å²) in [5.41, 5.74) is 8.10. The topological polar surface area (TPSA) is 108 Å². The van der Waals surface area contributed by atoms with E-state index in [0.29, 0.717) is 48.6 Å². The summed E-state index contributed by atoms with van der Waals surface area (Å²) in [5.74, 6) is -0.939. The number of primary amides is 1. The smallest absolute Gasteiger partial charge is 0.253 e. The van der Waals surface area contributed by atoms with Crippen LogP contribution >= 0.6 is 0 Å². The first-order chi connectivity index (χ1) is 16.0. The number of anilines is 1. The number of carbonyl (C=O) groups excluding carboxylic acids is 1. The van der Waals surface area contributed by atoms with Gasteiger partial charge in [-0.25, -0.2) is 13.8 Å². The van der Waals surface area contributed by atoms with Gasteiger partial charge in [-0.05, 0) is 36.6 Å². The van der Waals surface area contributed by atoms with E-state index in [1.807, 2.05) is 6.07 Å². The Morgan fingerprint density at radius 2 is 2.06 bits per heavy atom. The lowest BCUT2D eigenvalue weighted by Crippen LogP contribution is -2.14. The van der Waals surface area contributed by atoms with Gasteiger partial charge in [-0.3, -0.25) is 4.79 Å². The van der Waals surface area contributed by atoms with Gasteiger partial charge < -0.3 is 15.8 Å². The summed E-state index contributed by atoms with van der Waals surface area (Å²) in [5, 5.41) is 7.96. The number of hydrogen-bond acceptors (Lipinski definition) is 6. The molecule has 2 aromatic carbocycles. The molecule has 33 heavy (non-hydrogen) atoms. The van der Waals surface area contributed by atoms with Crippen molar-refractivity contribution < 1.29 is 18.3 Å². The Bertz CT molecular complexity index is 1370. The largest absolute Gasteiger partial charge is 0.375 e. The number of carbonyl (C=O) groups is 1. The molecule has 4 aromatic rings. The summed E-state index contributed by atoms with van der Waals surface area (Å²) in [7, 11) is 0. The summed E-state index contributed by atoms with van der Waals surface area (Å²) >= 11 is 0. The zero-order valence-corrected chi connectivity index (χ0v) is 17.5. The Morgan fingerprint density at radius 3 is 2.88 bits per heavy atom. The van der Waals surface area contributed by atoms with Crippen molar-refractivity contribution in [2.24, 2.45) is 5.73 Å². The van der Waals surface area contributed by atoms with Crippen molar-refractivity contribution in [1.29, 1.82) is 0 Å². The Kier molecular flexibility index (Phi) is 5.43. The van der Waals surface area contributed by atoms with Crippen LogP contribution in [0.25, 0.3) is 16.9 Å². The summed E-state index contributed by atoms with van der Waals surface area (Å²) in [6.07, 6.45) is 2.95. The maximum atomic E-state index is 14.2. The molecule has 5 rings (SSSR count). The molecule has 0 fully saturated rings. The standard InChI is InChI=1S/C23H20F2N6O2/c24-14-4-1-3-13(7-14)10-27-22-16-5-2-6-33-12-19(16)29-23(30-22)31-20-9-15(25)8-17(21(26)32)18(20)11-28-31/h1,3-4,7-9,11H,2,5-6,10,12H2,(H2,26,32)(H,27,29,30). The summed E-state index contributed by atoms with van der Waals surface area (Å²) in [6.45, 7) is 1.23. The van der Waals surface area contributed by atoms with Crippen LogP contribution in [-0.2, 0) is 24.3 Å². The highest BCUT2D eigenvalue weighted by atomic mass is 19.1. The van der Waals surface area contributed by atoms with Gasteiger partial charge in [-0.15, -0.1) is 0 Å². The number of aromatic nitrogens is 4. The molecule has 3 N–H and O–H groups in total. The van der Waals surface area contributed by atoms with Crippen molar-refractivity contribution in [1.82, 2.24) is 19.7 Å². The third-order valence-corrected chi connectivity index (χ3v) is 5.49. The van der Waals surface area contributed by atoms with Crippen LogP contribution in [0.4, 0.5) is 14.6 Å². The van der Waals surface area contributed by atoms with Gasteiger partial charge in [-0.1, -0.05) is 12.1 Å². The molecule has 1 aliphatic rings. The fourth-order valence-electron chi connectivity index (χ4n) is 3.95. The number of halogens is 2. The maximum Gasteiger partial charge on any atom is 0.253 e. The number of nitrogens with two attached hydrogens (primary N) is 1. The van der Waals surface area contributed by atoms with E-state index in [2.05, 4.69) is 20.4 Å². The Labute approximate surface area is 187 Å². The summed E-state index contributed by atoms with van der Waals surface area (Å²) in [6, 6.07) is 8.63. The molecular weight excluding hydrogens is 430 g/mol. The molecule has 0 saturated carbocycles. The summed E-state index contributed by atoms with van der Waals surface area (Å²) < 4.78 is 34.9. The Balaban J connectivity index is 1.60. The SMILES string of the molecule is NC(=O)c1cc(F)cc2c1cnn2-c1nc2c(c(NCc3cccc(F)c3)n1)CCCOC2. The minimum Gasteiger partial charge on any atom is -0.375 e. The monoisotopic (exact) mass is 450 g/mol. The predicted octanol–water partition coefficient (Wildman–Crippen LogP) is 3.27. The predicted molar refractivity (Wildman–Crippen MR) is 117 cm³/mol. The number of amides is 1. The van der Waals surface area contributed by atoms with E-state index >= 15 is 0 Å². The quantitative estimate of drug-likeness (QED) is 0.483. The first kappa shape index (κ1) is 21.0. The number of nitrogens with one attached hydrogen (secondary N) is 1. The normalized spacial score (nSPS) is 13.5. The molecule has 10 heteroatoms. The molecule has 0 unspecified atom stereocenters. The molecule has 1 aliphatic heterocycles. The van der Waals surface area contributed by atoms with Gasteiger partial charge in [0.1, 0.15) is 17.5 Å². The van der Waals surface area contributed by atoms with Gasteiger partial charge in [0.15, 0.2) is 0 Å². The lowest BCUT2D eigenvalue weighted by atomic mass is 10.1. The molecular formula is C23H20F2N6O2. The minimum absolute atomic E-state index is 0.0267. The first-order valence-corrected chi connectivity index (χ1v) is 10.4. The van der Waals surface area contributed by atoms with Gasteiger partial charge >= 0.3 is 0 Å². The minimum atomic E-state index is -0.757. The first-order valence-electron chi connectivity index (χ1n) is 10.4. The maximum absolute atomic E-state index is 14.2. The fourth-order valence-corrected chi connectivity index (χ4v) is 3.95. The number of hydrogen-bond donors (Lipinski definition) is 2. The zero-order chi connectivity index (χ0) is 22.9. The van der Waals surface area contributed by atoms with E-state index < -0.39 is 11.7 Å². The third-order valence-electron chi connectivity index (χ3n) is 5.49.